The Morgan fingerprint density at radius 3 is 2.72 bits per heavy atom. The molecule has 0 aliphatic rings. The van der Waals surface area contributed by atoms with E-state index in [-0.39, 0.29) is 15.7 Å². The lowest BCUT2D eigenvalue weighted by atomic mass is 10.3. The van der Waals surface area contributed by atoms with Gasteiger partial charge in [-0.25, -0.2) is 8.42 Å². The zero-order valence-corrected chi connectivity index (χ0v) is 11.0. The van der Waals surface area contributed by atoms with Crippen LogP contribution in [0.5, 0.6) is 0 Å². The smallest absolute Gasteiger partial charge is 0.264 e. The number of anilines is 2. The second-order valence-corrected chi connectivity index (χ2v) is 5.79. The highest BCUT2D eigenvalue weighted by Gasteiger charge is 2.19. The number of nitrogen functional groups attached to an aromatic ring is 1. The number of H-pyrrole nitrogens is 1. The maximum Gasteiger partial charge on any atom is 0.264 e. The molecule has 2 aromatic rings. The molecular formula is C10H11ClN4O2S. The van der Waals surface area contributed by atoms with Crippen molar-refractivity contribution in [3.8, 4) is 0 Å². The monoisotopic (exact) mass is 286 g/mol. The van der Waals surface area contributed by atoms with Crippen molar-refractivity contribution in [3.63, 3.8) is 0 Å². The third kappa shape index (κ3) is 2.57. The van der Waals surface area contributed by atoms with E-state index in [0.717, 1.165) is 5.69 Å². The highest BCUT2D eigenvalue weighted by Crippen LogP contribution is 2.25. The number of hydrogen-bond donors (Lipinski definition) is 3. The first-order chi connectivity index (χ1) is 8.38. The van der Waals surface area contributed by atoms with Gasteiger partial charge in [-0.15, -0.1) is 0 Å². The van der Waals surface area contributed by atoms with Crippen LogP contribution in [0, 0.1) is 6.92 Å². The first-order valence-electron chi connectivity index (χ1n) is 4.98. The summed E-state index contributed by atoms with van der Waals surface area (Å²) in [6, 6.07) is 5.82. The number of sulfonamides is 1. The Bertz CT molecular complexity index is 681. The van der Waals surface area contributed by atoms with Crippen molar-refractivity contribution in [2.24, 2.45) is 0 Å². The van der Waals surface area contributed by atoms with Crippen molar-refractivity contribution in [3.05, 3.63) is 35.0 Å². The normalized spacial score (nSPS) is 11.4. The van der Waals surface area contributed by atoms with E-state index in [1.165, 1.54) is 18.2 Å². The summed E-state index contributed by atoms with van der Waals surface area (Å²) in [5.41, 5.74) is 6.61. The van der Waals surface area contributed by atoms with Gasteiger partial charge in [0.1, 0.15) is 4.90 Å². The van der Waals surface area contributed by atoms with Crippen LogP contribution in [0.25, 0.3) is 0 Å². The summed E-state index contributed by atoms with van der Waals surface area (Å²) < 4.78 is 26.5. The third-order valence-corrected chi connectivity index (χ3v) is 4.03. The summed E-state index contributed by atoms with van der Waals surface area (Å²) in [5.74, 6) is 0.200. The number of nitrogens with two attached hydrogens (primary N) is 1. The second kappa shape index (κ2) is 4.51. The average molecular weight is 287 g/mol. The summed E-state index contributed by atoms with van der Waals surface area (Å²) in [7, 11) is -3.80. The minimum atomic E-state index is -3.80. The minimum absolute atomic E-state index is 0.0789. The summed E-state index contributed by atoms with van der Waals surface area (Å²) in [5, 5.41) is 6.52. The molecule has 96 valence electrons. The molecule has 6 nitrogen and oxygen atoms in total. The lowest BCUT2D eigenvalue weighted by Gasteiger charge is -2.07. The second-order valence-electron chi connectivity index (χ2n) is 3.73. The van der Waals surface area contributed by atoms with Crippen LogP contribution >= 0.6 is 11.6 Å². The van der Waals surface area contributed by atoms with Crippen LogP contribution < -0.4 is 10.5 Å². The summed E-state index contributed by atoms with van der Waals surface area (Å²) in [6.45, 7) is 1.76. The van der Waals surface area contributed by atoms with Crippen LogP contribution in [0.2, 0.25) is 5.02 Å². The van der Waals surface area contributed by atoms with Crippen molar-refractivity contribution >= 4 is 33.1 Å². The van der Waals surface area contributed by atoms with Crippen LogP contribution in [0.15, 0.2) is 29.2 Å². The van der Waals surface area contributed by atoms with Gasteiger partial charge in [-0.2, -0.15) is 5.10 Å². The van der Waals surface area contributed by atoms with Gasteiger partial charge >= 0.3 is 0 Å². The van der Waals surface area contributed by atoms with E-state index in [1.807, 2.05) is 0 Å². The van der Waals surface area contributed by atoms with Crippen molar-refractivity contribution in [1.82, 2.24) is 10.2 Å². The van der Waals surface area contributed by atoms with Gasteiger partial charge in [0.2, 0.25) is 0 Å². The molecule has 4 N–H and O–H groups in total. The molecule has 0 fully saturated rings. The number of aryl methyl sites for hydroxylation is 1. The number of aromatic nitrogens is 2. The summed E-state index contributed by atoms with van der Waals surface area (Å²) in [4.78, 5) is -0.0789. The molecule has 0 spiro atoms. The number of hydrogen-bond acceptors (Lipinski definition) is 4. The summed E-state index contributed by atoms with van der Waals surface area (Å²) in [6.07, 6.45) is 0. The predicted molar refractivity (Wildman–Crippen MR) is 70.0 cm³/mol. The topological polar surface area (TPSA) is 101 Å². The number of aromatic amines is 1. The molecule has 0 aliphatic carbocycles. The maximum absolute atomic E-state index is 12.1. The lowest BCUT2D eigenvalue weighted by Crippen LogP contribution is -2.14. The van der Waals surface area contributed by atoms with Gasteiger partial charge in [0.05, 0.1) is 5.02 Å². The Balaban J connectivity index is 2.39. The number of nitrogens with one attached hydrogen (secondary N) is 2. The SMILES string of the molecule is Cc1cc(NS(=O)(=O)c2cc(N)ccc2Cl)n[nH]1. The van der Waals surface area contributed by atoms with Gasteiger partial charge < -0.3 is 5.73 Å². The molecule has 0 saturated carbocycles. The number of nitrogens with zero attached hydrogens (tertiary/aromatic N) is 1. The van der Waals surface area contributed by atoms with E-state index < -0.39 is 10.0 Å². The van der Waals surface area contributed by atoms with E-state index in [9.17, 15) is 8.42 Å². The number of rotatable bonds is 3. The first kappa shape index (κ1) is 12.7. The largest absolute Gasteiger partial charge is 0.399 e. The fourth-order valence-corrected chi connectivity index (χ4v) is 2.92. The Morgan fingerprint density at radius 1 is 1.39 bits per heavy atom. The molecular weight excluding hydrogens is 276 g/mol. The van der Waals surface area contributed by atoms with E-state index in [2.05, 4.69) is 14.9 Å². The lowest BCUT2D eigenvalue weighted by molar-refractivity contribution is 0.601. The van der Waals surface area contributed by atoms with Crippen LogP contribution in [-0.4, -0.2) is 18.6 Å². The molecule has 0 aliphatic heterocycles. The molecule has 18 heavy (non-hydrogen) atoms. The van der Waals surface area contributed by atoms with Crippen LogP contribution in [0.1, 0.15) is 5.69 Å². The quantitative estimate of drug-likeness (QED) is 0.748. The Labute approximate surface area is 109 Å². The van der Waals surface area contributed by atoms with Gasteiger partial charge in [-0.05, 0) is 25.1 Å². The molecule has 8 heteroatoms. The van der Waals surface area contributed by atoms with Crippen LogP contribution in [-0.2, 0) is 10.0 Å². The molecule has 0 bridgehead atoms. The van der Waals surface area contributed by atoms with Gasteiger partial charge in [0.15, 0.2) is 5.82 Å². The highest BCUT2D eigenvalue weighted by molar-refractivity contribution is 7.92. The van der Waals surface area contributed by atoms with E-state index in [0.29, 0.717) is 5.69 Å². The van der Waals surface area contributed by atoms with E-state index in [1.54, 1.807) is 13.0 Å². The van der Waals surface area contributed by atoms with Crippen LogP contribution in [0.4, 0.5) is 11.5 Å². The van der Waals surface area contributed by atoms with Gasteiger partial charge in [-0.3, -0.25) is 9.82 Å². The predicted octanol–water partition coefficient (Wildman–Crippen LogP) is 1.75. The Morgan fingerprint density at radius 2 is 2.11 bits per heavy atom. The van der Waals surface area contributed by atoms with Crippen LogP contribution in [0.3, 0.4) is 0 Å². The molecule has 0 saturated heterocycles. The van der Waals surface area contributed by atoms with Crippen molar-refractivity contribution in [1.29, 1.82) is 0 Å². The fourth-order valence-electron chi connectivity index (χ4n) is 1.39. The van der Waals surface area contributed by atoms with E-state index in [4.69, 9.17) is 17.3 Å². The molecule has 1 aromatic carbocycles. The Kier molecular flexibility index (Phi) is 3.18. The standard InChI is InChI=1S/C10H11ClN4O2S/c1-6-4-10(14-13-6)15-18(16,17)9-5-7(12)2-3-8(9)11/h2-5H,12H2,1H3,(H2,13,14,15). The molecule has 1 heterocycles. The molecule has 1 aromatic heterocycles. The zero-order valence-electron chi connectivity index (χ0n) is 9.44. The molecule has 0 radical (unpaired) electrons. The fraction of sp³-hybridized carbons (Fsp3) is 0.100. The summed E-state index contributed by atoms with van der Waals surface area (Å²) >= 11 is 5.85. The molecule has 0 unspecified atom stereocenters. The van der Waals surface area contributed by atoms with Gasteiger partial charge in [0.25, 0.3) is 10.0 Å². The molecule has 2 rings (SSSR count). The van der Waals surface area contributed by atoms with Crippen molar-refractivity contribution in [2.45, 2.75) is 11.8 Å². The number of halogens is 1. The maximum atomic E-state index is 12.1. The van der Waals surface area contributed by atoms with Gasteiger partial charge in [0, 0.05) is 17.4 Å². The number of benzene rings is 1. The Hall–Kier alpha value is -1.73. The molecule has 0 atom stereocenters. The van der Waals surface area contributed by atoms with Gasteiger partial charge in [-0.1, -0.05) is 11.6 Å². The highest BCUT2D eigenvalue weighted by atomic mass is 35.5. The third-order valence-electron chi connectivity index (χ3n) is 2.19. The van der Waals surface area contributed by atoms with E-state index >= 15 is 0 Å². The van der Waals surface area contributed by atoms with Crippen molar-refractivity contribution in [2.75, 3.05) is 10.5 Å². The average Bonchev–Trinajstić information content (AvgIpc) is 2.66. The van der Waals surface area contributed by atoms with Crippen molar-refractivity contribution < 1.29 is 8.42 Å². The molecule has 0 amide bonds. The minimum Gasteiger partial charge on any atom is -0.399 e. The zero-order chi connectivity index (χ0) is 13.3. The first-order valence-corrected chi connectivity index (χ1v) is 6.84.